The van der Waals surface area contributed by atoms with Crippen molar-refractivity contribution in [2.24, 2.45) is 16.2 Å². The fraction of sp³-hybridized carbons (Fsp3) is 0.717. The molecule has 0 saturated heterocycles. The Labute approximate surface area is 412 Å². The SMILES string of the molecule is CCC(C)(C(=O)OC(C)(C)C)C(F)(F)F.CCC(C)(C)C(=O)N(C(C)C)C(C)C.CCC(C)(C)C(=O)OC(C)C(F)(F)F.CCC(C)(C)c1c(F)c(F)c(F)c(F)c1F.CCC(C)(C)c1ccccc1. The van der Waals surface area contributed by atoms with Crippen LogP contribution in [-0.4, -0.2) is 58.9 Å². The van der Waals surface area contributed by atoms with Gasteiger partial charge in [-0.25, -0.2) is 22.0 Å². The fourth-order valence-corrected chi connectivity index (χ4v) is 5.42. The molecule has 0 saturated carbocycles. The average molecular weight is 1020 g/mol. The number of ether oxygens (including phenoxy) is 2. The molecule has 0 N–H and O–H groups in total. The molecule has 1 amide bonds. The van der Waals surface area contributed by atoms with Crippen molar-refractivity contribution in [3.8, 4) is 0 Å². The van der Waals surface area contributed by atoms with Crippen LogP contribution in [0.4, 0.5) is 48.3 Å². The molecule has 2 aromatic rings. The molecule has 2 unspecified atom stereocenters. The zero-order valence-electron chi connectivity index (χ0n) is 45.8. The van der Waals surface area contributed by atoms with Crippen LogP contribution in [0.2, 0.25) is 0 Å². The highest BCUT2D eigenvalue weighted by atomic mass is 19.4. The Morgan fingerprint density at radius 3 is 1.17 bits per heavy atom. The maximum Gasteiger partial charge on any atom is 0.425 e. The van der Waals surface area contributed by atoms with Crippen molar-refractivity contribution in [3.63, 3.8) is 0 Å². The first-order valence-corrected chi connectivity index (χ1v) is 23.7. The molecule has 0 aliphatic rings. The van der Waals surface area contributed by atoms with Crippen LogP contribution in [0.5, 0.6) is 0 Å². The standard InChI is InChI=1S/C12H25NO.C11H11F5.C11H16.C10H17F3O2.C9H15F3O2/c1-8-12(6,7)11(14)13(9(2)3)10(4)5;1-4-11(2,3)5-6(12)8(14)10(16)9(15)7(5)13;1-4-11(2,3)10-8-6-5-7-9-10;1-6-9(5,10(11,12)13)7(14)15-8(2,3)4;1-5-8(3,4)7(13)14-6(2)9(10,11)12/h9-10H,8H2,1-7H3;4H2,1-3H3;5-9H,4H2,1-3H3;6H2,1-5H3;6H,5H2,1-4H3. The summed E-state index contributed by atoms with van der Waals surface area (Å²) in [5, 5.41) is 0. The largest absolute Gasteiger partial charge is 0.459 e. The lowest BCUT2D eigenvalue weighted by Gasteiger charge is -2.37. The van der Waals surface area contributed by atoms with Gasteiger partial charge in [0.1, 0.15) is 5.60 Å². The number of carbonyl (C=O) groups excluding carboxylic acids is 3. The summed E-state index contributed by atoms with van der Waals surface area (Å²) in [6.45, 7) is 38.1. The van der Waals surface area contributed by atoms with E-state index in [1.165, 1.54) is 53.5 Å². The third kappa shape index (κ3) is 21.4. The predicted molar refractivity (Wildman–Crippen MR) is 256 cm³/mol. The first-order chi connectivity index (χ1) is 31.2. The van der Waals surface area contributed by atoms with Gasteiger partial charge in [0.2, 0.25) is 11.7 Å². The van der Waals surface area contributed by atoms with Crippen LogP contribution in [0.1, 0.15) is 196 Å². The zero-order chi connectivity index (χ0) is 56.6. The van der Waals surface area contributed by atoms with Crippen LogP contribution in [0.15, 0.2) is 30.3 Å². The van der Waals surface area contributed by atoms with E-state index < -0.39 is 86.9 Å². The van der Waals surface area contributed by atoms with Crippen molar-refractivity contribution in [2.45, 2.75) is 231 Å². The second-order valence-corrected chi connectivity index (χ2v) is 21.4. The normalized spacial score (nSPS) is 13.7. The first-order valence-electron chi connectivity index (χ1n) is 23.7. The summed E-state index contributed by atoms with van der Waals surface area (Å²) in [4.78, 5) is 36.8. The maximum atomic E-state index is 13.4. The Kier molecular flexibility index (Phi) is 27.9. The molecule has 0 bridgehead atoms. The minimum absolute atomic E-state index is 0.228. The molecule has 0 fully saturated rings. The van der Waals surface area contributed by atoms with Crippen molar-refractivity contribution < 1.29 is 72.2 Å². The van der Waals surface area contributed by atoms with Crippen molar-refractivity contribution in [3.05, 3.63) is 70.5 Å². The number of benzene rings is 2. The van der Waals surface area contributed by atoms with Crippen LogP contribution in [0.25, 0.3) is 0 Å². The topological polar surface area (TPSA) is 72.9 Å². The van der Waals surface area contributed by atoms with Gasteiger partial charge in [-0.15, -0.1) is 0 Å². The van der Waals surface area contributed by atoms with Gasteiger partial charge in [-0.05, 0) is 125 Å². The van der Waals surface area contributed by atoms with Gasteiger partial charge in [-0.2, -0.15) is 26.3 Å². The van der Waals surface area contributed by atoms with Gasteiger partial charge in [0.15, 0.2) is 34.8 Å². The number of nitrogens with zero attached hydrogens (tertiary/aromatic N) is 1. The Hall–Kier alpha value is -3.92. The third-order valence-corrected chi connectivity index (χ3v) is 12.4. The van der Waals surface area contributed by atoms with Gasteiger partial charge in [-0.1, -0.05) is 106 Å². The Bertz CT molecular complexity index is 1880. The molecule has 0 aliphatic carbocycles. The highest BCUT2D eigenvalue weighted by Gasteiger charge is 2.57. The van der Waals surface area contributed by atoms with Crippen LogP contribution in [-0.2, 0) is 34.7 Å². The minimum atomic E-state index is -4.58. The second-order valence-electron chi connectivity index (χ2n) is 21.4. The number of carbonyl (C=O) groups is 3. The van der Waals surface area contributed by atoms with E-state index in [0.717, 1.165) is 20.3 Å². The summed E-state index contributed by atoms with van der Waals surface area (Å²) in [5.74, 6) is -11.2. The van der Waals surface area contributed by atoms with E-state index in [1.54, 1.807) is 27.7 Å². The van der Waals surface area contributed by atoms with Crippen molar-refractivity contribution in [1.29, 1.82) is 0 Å². The summed E-state index contributed by atoms with van der Waals surface area (Å²) in [5.41, 5.74) is -4.51. The van der Waals surface area contributed by atoms with Crippen LogP contribution >= 0.6 is 0 Å². The molecule has 17 heteroatoms. The van der Waals surface area contributed by atoms with Gasteiger partial charge in [0, 0.05) is 23.1 Å². The summed E-state index contributed by atoms with van der Waals surface area (Å²) in [6.07, 6.45) is -8.66. The predicted octanol–water partition coefficient (Wildman–Crippen LogP) is 16.7. The molecule has 2 rings (SSSR count). The smallest absolute Gasteiger partial charge is 0.425 e. The van der Waals surface area contributed by atoms with E-state index in [9.17, 15) is 62.7 Å². The molecule has 0 aliphatic heterocycles. The van der Waals surface area contributed by atoms with E-state index in [4.69, 9.17) is 4.74 Å². The van der Waals surface area contributed by atoms with E-state index in [-0.39, 0.29) is 36.2 Å². The molecular formula is C53H84F11NO5. The van der Waals surface area contributed by atoms with E-state index in [0.29, 0.717) is 11.8 Å². The number of amides is 1. The van der Waals surface area contributed by atoms with Crippen molar-refractivity contribution in [2.75, 3.05) is 0 Å². The van der Waals surface area contributed by atoms with E-state index >= 15 is 0 Å². The molecule has 0 heterocycles. The maximum absolute atomic E-state index is 13.4. The molecule has 0 radical (unpaired) electrons. The zero-order valence-corrected chi connectivity index (χ0v) is 45.8. The summed E-state index contributed by atoms with van der Waals surface area (Å²) >= 11 is 0. The number of hydrogen-bond donors (Lipinski definition) is 0. The van der Waals surface area contributed by atoms with Gasteiger partial charge < -0.3 is 14.4 Å². The first kappa shape index (κ1) is 70.3. The van der Waals surface area contributed by atoms with Crippen LogP contribution < -0.4 is 0 Å². The lowest BCUT2D eigenvalue weighted by molar-refractivity contribution is -0.236. The number of esters is 2. The second kappa shape index (κ2) is 27.8. The highest BCUT2D eigenvalue weighted by molar-refractivity contribution is 5.82. The monoisotopic (exact) mass is 1020 g/mol. The Balaban J connectivity index is -0.000000805. The average Bonchev–Trinajstić information content (AvgIpc) is 3.24. The van der Waals surface area contributed by atoms with E-state index in [2.05, 4.69) is 90.5 Å². The minimum Gasteiger partial charge on any atom is -0.459 e. The van der Waals surface area contributed by atoms with Gasteiger partial charge in [0.05, 0.1) is 5.41 Å². The van der Waals surface area contributed by atoms with Crippen molar-refractivity contribution in [1.82, 2.24) is 4.90 Å². The Morgan fingerprint density at radius 1 is 0.514 bits per heavy atom. The molecule has 2 atom stereocenters. The number of alkyl halides is 6. The molecule has 0 spiro atoms. The summed E-state index contributed by atoms with van der Waals surface area (Å²) in [7, 11) is 0. The summed E-state index contributed by atoms with van der Waals surface area (Å²) < 4.78 is 148. The highest BCUT2D eigenvalue weighted by Crippen LogP contribution is 2.42. The molecule has 2 aromatic carbocycles. The molecule has 408 valence electrons. The molecule has 70 heavy (non-hydrogen) atoms. The number of hydrogen-bond acceptors (Lipinski definition) is 5. The lowest BCUT2D eigenvalue weighted by atomic mass is 9.81. The number of halogens is 11. The lowest BCUT2D eigenvalue weighted by Crippen LogP contribution is -2.48. The molecule has 6 nitrogen and oxygen atoms in total. The van der Waals surface area contributed by atoms with Gasteiger partial charge in [-0.3, -0.25) is 14.4 Å². The van der Waals surface area contributed by atoms with Crippen LogP contribution in [0.3, 0.4) is 0 Å². The Morgan fingerprint density at radius 2 is 0.886 bits per heavy atom. The van der Waals surface area contributed by atoms with Gasteiger partial charge in [0.25, 0.3) is 0 Å². The molecular weight excluding hydrogens is 940 g/mol. The fourth-order valence-electron chi connectivity index (χ4n) is 5.42. The third-order valence-electron chi connectivity index (χ3n) is 12.4. The quantitative estimate of drug-likeness (QED) is 0.0865. The van der Waals surface area contributed by atoms with Crippen molar-refractivity contribution >= 4 is 17.8 Å². The summed E-state index contributed by atoms with van der Waals surface area (Å²) in [6, 6.07) is 11.2. The van der Waals surface area contributed by atoms with E-state index in [1.807, 2.05) is 18.7 Å². The number of rotatable bonds is 13. The van der Waals surface area contributed by atoms with Gasteiger partial charge >= 0.3 is 24.3 Å². The van der Waals surface area contributed by atoms with Crippen LogP contribution in [0, 0.1) is 45.3 Å². The molecule has 0 aromatic heterocycles.